The summed E-state index contributed by atoms with van der Waals surface area (Å²) in [5, 5.41) is 3.41. The summed E-state index contributed by atoms with van der Waals surface area (Å²) in [6.07, 6.45) is 1.82. The number of para-hydroxylation sites is 2. The second kappa shape index (κ2) is 6.33. The first-order valence-corrected chi connectivity index (χ1v) is 8.72. The van der Waals surface area contributed by atoms with Crippen molar-refractivity contribution in [1.82, 2.24) is 19.8 Å². The zero-order valence-electron chi connectivity index (χ0n) is 14.5. The topological polar surface area (TPSA) is 50.2 Å². The van der Waals surface area contributed by atoms with Crippen molar-refractivity contribution in [2.24, 2.45) is 0 Å². The quantitative estimate of drug-likeness (QED) is 0.784. The van der Waals surface area contributed by atoms with E-state index in [0.717, 1.165) is 35.4 Å². The molecule has 2 heterocycles. The van der Waals surface area contributed by atoms with Crippen molar-refractivity contribution in [3.63, 3.8) is 0 Å². The third-order valence-corrected chi connectivity index (χ3v) is 5.14. The average Bonchev–Trinajstić information content (AvgIpc) is 3.08. The van der Waals surface area contributed by atoms with Gasteiger partial charge in [0.2, 0.25) is 0 Å². The van der Waals surface area contributed by atoms with Gasteiger partial charge in [0.25, 0.3) is 5.91 Å². The van der Waals surface area contributed by atoms with Crippen LogP contribution in [0.3, 0.4) is 0 Å². The molecular formula is C20H22N4O. The summed E-state index contributed by atoms with van der Waals surface area (Å²) in [4.78, 5) is 19.2. The first-order valence-electron chi connectivity index (χ1n) is 8.72. The summed E-state index contributed by atoms with van der Waals surface area (Å²) in [5.41, 5.74) is 3.76. The Bertz CT molecular complexity index is 899. The van der Waals surface area contributed by atoms with Gasteiger partial charge in [-0.15, -0.1) is 0 Å². The molecule has 3 aromatic rings. The Kier molecular flexibility index (Phi) is 4.01. The van der Waals surface area contributed by atoms with Crippen LogP contribution >= 0.6 is 0 Å². The van der Waals surface area contributed by atoms with Crippen molar-refractivity contribution >= 4 is 16.9 Å². The SMILES string of the molecule is CC1NCCN(C(=O)c2ccc(-n3cnc4ccccc43)cc2)C1C. The van der Waals surface area contributed by atoms with Gasteiger partial charge in [0.15, 0.2) is 0 Å². The maximum Gasteiger partial charge on any atom is 0.254 e. The predicted molar refractivity (Wildman–Crippen MR) is 99.0 cm³/mol. The Morgan fingerprint density at radius 1 is 1.12 bits per heavy atom. The van der Waals surface area contributed by atoms with Crippen molar-refractivity contribution in [1.29, 1.82) is 0 Å². The Morgan fingerprint density at radius 3 is 2.68 bits per heavy atom. The zero-order chi connectivity index (χ0) is 17.4. The van der Waals surface area contributed by atoms with Gasteiger partial charge >= 0.3 is 0 Å². The molecule has 1 amide bonds. The van der Waals surface area contributed by atoms with E-state index in [2.05, 4.69) is 24.1 Å². The zero-order valence-corrected chi connectivity index (χ0v) is 14.5. The van der Waals surface area contributed by atoms with Crippen LogP contribution in [0.4, 0.5) is 0 Å². The van der Waals surface area contributed by atoms with E-state index in [1.54, 1.807) is 0 Å². The number of imidazole rings is 1. The third kappa shape index (κ3) is 2.81. The molecule has 0 spiro atoms. The molecule has 128 valence electrons. The van der Waals surface area contributed by atoms with Crippen LogP contribution in [0.1, 0.15) is 24.2 Å². The molecular weight excluding hydrogens is 312 g/mol. The summed E-state index contributed by atoms with van der Waals surface area (Å²) in [5.74, 6) is 0.0999. The van der Waals surface area contributed by atoms with Crippen LogP contribution in [0, 0.1) is 0 Å². The van der Waals surface area contributed by atoms with Crippen molar-refractivity contribution in [2.75, 3.05) is 13.1 Å². The molecule has 5 nitrogen and oxygen atoms in total. The molecule has 0 radical (unpaired) electrons. The summed E-state index contributed by atoms with van der Waals surface area (Å²) in [7, 11) is 0. The molecule has 1 aliphatic heterocycles. The smallest absolute Gasteiger partial charge is 0.254 e. The molecule has 2 aromatic carbocycles. The standard InChI is InChI=1S/C20H22N4O/c1-14-15(2)23(12-11-21-14)20(25)16-7-9-17(10-8-16)24-13-22-18-5-3-4-6-19(18)24/h3-10,13-15,21H,11-12H2,1-2H3. The van der Waals surface area contributed by atoms with Crippen LogP contribution in [-0.4, -0.2) is 45.5 Å². The number of hydrogen-bond acceptors (Lipinski definition) is 3. The highest BCUT2D eigenvalue weighted by atomic mass is 16.2. The Hall–Kier alpha value is -2.66. The van der Waals surface area contributed by atoms with E-state index < -0.39 is 0 Å². The fourth-order valence-electron chi connectivity index (χ4n) is 3.44. The van der Waals surface area contributed by atoms with E-state index in [1.165, 1.54) is 0 Å². The lowest BCUT2D eigenvalue weighted by Crippen LogP contribution is -2.57. The molecule has 2 unspecified atom stereocenters. The molecule has 1 N–H and O–H groups in total. The maximum atomic E-state index is 12.8. The summed E-state index contributed by atoms with van der Waals surface area (Å²) in [6.45, 7) is 5.81. The first-order chi connectivity index (χ1) is 12.1. The number of carbonyl (C=O) groups is 1. The van der Waals surface area contributed by atoms with Crippen molar-refractivity contribution in [3.8, 4) is 5.69 Å². The Balaban J connectivity index is 1.61. The van der Waals surface area contributed by atoms with Crippen LogP contribution in [0.5, 0.6) is 0 Å². The van der Waals surface area contributed by atoms with Crippen LogP contribution in [0.15, 0.2) is 54.9 Å². The number of aromatic nitrogens is 2. The van der Waals surface area contributed by atoms with Gasteiger partial charge in [-0.05, 0) is 50.2 Å². The molecule has 1 aromatic heterocycles. The molecule has 1 saturated heterocycles. The predicted octanol–water partition coefficient (Wildman–Crippen LogP) is 2.85. The molecule has 25 heavy (non-hydrogen) atoms. The normalized spacial score (nSPS) is 20.8. The van der Waals surface area contributed by atoms with E-state index in [0.29, 0.717) is 6.04 Å². The van der Waals surface area contributed by atoms with E-state index in [9.17, 15) is 4.79 Å². The van der Waals surface area contributed by atoms with Gasteiger partial charge in [-0.2, -0.15) is 0 Å². The molecule has 0 bridgehead atoms. The minimum atomic E-state index is 0.0999. The highest BCUT2D eigenvalue weighted by Gasteiger charge is 2.28. The Labute approximate surface area is 147 Å². The molecule has 1 aliphatic rings. The van der Waals surface area contributed by atoms with Gasteiger partial charge in [-0.1, -0.05) is 12.1 Å². The van der Waals surface area contributed by atoms with E-state index >= 15 is 0 Å². The summed E-state index contributed by atoms with van der Waals surface area (Å²) in [6, 6.07) is 16.3. The van der Waals surface area contributed by atoms with E-state index in [-0.39, 0.29) is 11.9 Å². The number of nitrogens with zero attached hydrogens (tertiary/aromatic N) is 3. The maximum absolute atomic E-state index is 12.8. The largest absolute Gasteiger partial charge is 0.333 e. The number of carbonyl (C=O) groups excluding carboxylic acids is 1. The highest BCUT2D eigenvalue weighted by molar-refractivity contribution is 5.94. The molecule has 5 heteroatoms. The van der Waals surface area contributed by atoms with E-state index in [1.807, 2.05) is 64.3 Å². The first kappa shape index (κ1) is 15.8. The van der Waals surface area contributed by atoms with Crippen LogP contribution in [0.25, 0.3) is 16.7 Å². The number of fused-ring (bicyclic) bond motifs is 1. The van der Waals surface area contributed by atoms with Gasteiger partial charge < -0.3 is 10.2 Å². The minimum Gasteiger partial charge on any atom is -0.333 e. The van der Waals surface area contributed by atoms with Crippen molar-refractivity contribution < 1.29 is 4.79 Å². The molecule has 2 atom stereocenters. The fourth-order valence-corrected chi connectivity index (χ4v) is 3.44. The molecule has 0 aliphatic carbocycles. The monoisotopic (exact) mass is 334 g/mol. The third-order valence-electron chi connectivity index (χ3n) is 5.14. The number of rotatable bonds is 2. The average molecular weight is 334 g/mol. The fraction of sp³-hybridized carbons (Fsp3) is 0.300. The molecule has 1 fully saturated rings. The number of hydrogen-bond donors (Lipinski definition) is 1. The summed E-state index contributed by atoms with van der Waals surface area (Å²) < 4.78 is 2.04. The van der Waals surface area contributed by atoms with Gasteiger partial charge in [0.05, 0.1) is 11.0 Å². The number of amides is 1. The van der Waals surface area contributed by atoms with Crippen LogP contribution in [-0.2, 0) is 0 Å². The molecule has 4 rings (SSSR count). The van der Waals surface area contributed by atoms with Crippen LogP contribution < -0.4 is 5.32 Å². The van der Waals surface area contributed by atoms with Gasteiger partial charge in [0, 0.05) is 36.4 Å². The number of piperazine rings is 1. The molecule has 0 saturated carbocycles. The summed E-state index contributed by atoms with van der Waals surface area (Å²) >= 11 is 0. The van der Waals surface area contributed by atoms with Crippen molar-refractivity contribution in [2.45, 2.75) is 25.9 Å². The second-order valence-electron chi connectivity index (χ2n) is 6.63. The van der Waals surface area contributed by atoms with Gasteiger partial charge in [-0.3, -0.25) is 9.36 Å². The van der Waals surface area contributed by atoms with Crippen molar-refractivity contribution in [3.05, 3.63) is 60.4 Å². The van der Waals surface area contributed by atoms with Gasteiger partial charge in [0.1, 0.15) is 6.33 Å². The Morgan fingerprint density at radius 2 is 1.88 bits per heavy atom. The van der Waals surface area contributed by atoms with Gasteiger partial charge in [-0.25, -0.2) is 4.98 Å². The lowest BCUT2D eigenvalue weighted by atomic mass is 10.1. The van der Waals surface area contributed by atoms with Crippen LogP contribution in [0.2, 0.25) is 0 Å². The number of nitrogens with one attached hydrogen (secondary N) is 1. The van der Waals surface area contributed by atoms with E-state index in [4.69, 9.17) is 0 Å². The highest BCUT2D eigenvalue weighted by Crippen LogP contribution is 2.20. The number of benzene rings is 2. The lowest BCUT2D eigenvalue weighted by molar-refractivity contribution is 0.0603. The second-order valence-corrected chi connectivity index (χ2v) is 6.63. The minimum absolute atomic E-state index is 0.0999. The lowest BCUT2D eigenvalue weighted by Gasteiger charge is -2.38.